The van der Waals surface area contributed by atoms with Gasteiger partial charge in [-0.2, -0.15) is 4.57 Å². The van der Waals surface area contributed by atoms with Crippen LogP contribution in [0.5, 0.6) is 0 Å². The number of pyridine rings is 1. The zero-order valence-electron chi connectivity index (χ0n) is 15.9. The fourth-order valence-corrected chi connectivity index (χ4v) is 3.64. The second-order valence-corrected chi connectivity index (χ2v) is 7.24. The summed E-state index contributed by atoms with van der Waals surface area (Å²) in [4.78, 5) is 26.7. The molecule has 1 aromatic heterocycles. The molecule has 0 saturated carbocycles. The number of nitrogens with one attached hydrogen (secondary N) is 1. The first kappa shape index (κ1) is 21.2. The van der Waals surface area contributed by atoms with Crippen molar-refractivity contribution < 1.29 is 38.1 Å². The predicted octanol–water partition coefficient (Wildman–Crippen LogP) is 1.61. The van der Waals surface area contributed by atoms with E-state index in [9.17, 15) is 9.59 Å². The number of aryl methyl sites for hydroxylation is 2. The number of carbonyl (C=O) groups is 2. The van der Waals surface area contributed by atoms with E-state index in [0.717, 1.165) is 11.1 Å². The topological polar surface area (TPSA) is 50.1 Å². The van der Waals surface area contributed by atoms with Gasteiger partial charge in [0.15, 0.2) is 18.1 Å². The first-order valence-corrected chi connectivity index (χ1v) is 9.27. The Labute approximate surface area is 191 Å². The van der Waals surface area contributed by atoms with Crippen LogP contribution in [-0.2, 0) is 0 Å². The highest BCUT2D eigenvalue weighted by Crippen LogP contribution is 2.30. The molecule has 3 aromatic rings. The number of rotatable bonds is 3. The van der Waals surface area contributed by atoms with Crippen molar-refractivity contribution in [3.05, 3.63) is 100.0 Å². The summed E-state index contributed by atoms with van der Waals surface area (Å²) in [6, 6.07) is 16.0. The molecule has 4 rings (SSSR count). The zero-order valence-corrected chi connectivity index (χ0v) is 18.8. The van der Waals surface area contributed by atoms with E-state index in [1.54, 1.807) is 41.0 Å². The molecule has 0 spiro atoms. The summed E-state index contributed by atoms with van der Waals surface area (Å²) in [5, 5.41) is 3.59. The second kappa shape index (κ2) is 8.47. The van der Waals surface area contributed by atoms with E-state index in [1.807, 2.05) is 44.4 Å². The second-order valence-electron chi connectivity index (χ2n) is 6.83. The van der Waals surface area contributed by atoms with Gasteiger partial charge in [-0.15, -0.1) is 0 Å². The van der Waals surface area contributed by atoms with Crippen molar-refractivity contribution in [2.75, 3.05) is 5.32 Å². The summed E-state index contributed by atoms with van der Waals surface area (Å²) >= 11 is 6.28. The third-order valence-electron chi connectivity index (χ3n) is 4.63. The van der Waals surface area contributed by atoms with Gasteiger partial charge in [-0.1, -0.05) is 48.0 Å². The van der Waals surface area contributed by atoms with Gasteiger partial charge in [0.05, 0.1) is 10.7 Å². The monoisotopic (exact) mass is 516 g/mol. The molecule has 2 aromatic carbocycles. The predicted molar refractivity (Wildman–Crippen MR) is 110 cm³/mol. The number of halogens is 2. The third kappa shape index (κ3) is 3.97. The van der Waals surface area contributed by atoms with Gasteiger partial charge in [-0.05, 0) is 32.0 Å². The van der Waals surface area contributed by atoms with Gasteiger partial charge in [0.25, 0.3) is 11.5 Å². The molecule has 146 valence electrons. The largest absolute Gasteiger partial charge is 1.00 e. The Balaban J connectivity index is 0.00000240. The molecule has 1 heterocycles. The number of allylic oxidation sites excluding steroid dienone is 2. The maximum atomic E-state index is 13.4. The molecule has 0 aliphatic heterocycles. The normalized spacial score (nSPS) is 13.1. The van der Waals surface area contributed by atoms with E-state index in [1.165, 1.54) is 0 Å². The SMILES string of the molecule is Cc1cc(C)c[n+](C2=C(Nc3ccccc3Cl)C(=O)c3ccccc3C2=O)c1.[I-]. The minimum Gasteiger partial charge on any atom is -1.00 e. The molecule has 0 fully saturated rings. The molecule has 0 amide bonds. The fourth-order valence-electron chi connectivity index (χ4n) is 3.46. The summed E-state index contributed by atoms with van der Waals surface area (Å²) in [5.41, 5.74) is 3.84. The van der Waals surface area contributed by atoms with Crippen molar-refractivity contribution in [3.63, 3.8) is 0 Å². The maximum absolute atomic E-state index is 13.4. The maximum Gasteiger partial charge on any atom is 0.286 e. The van der Waals surface area contributed by atoms with Gasteiger partial charge < -0.3 is 29.3 Å². The van der Waals surface area contributed by atoms with Crippen LogP contribution in [0, 0.1) is 13.8 Å². The van der Waals surface area contributed by atoms with E-state index in [0.29, 0.717) is 21.8 Å². The molecule has 0 saturated heterocycles. The average Bonchev–Trinajstić information content (AvgIpc) is 2.67. The standard InChI is InChI=1S/C23H17ClN2O2.HI/c1-14-11-15(2)13-26(12-14)21-20(25-19-10-6-5-9-18(19)24)22(27)16-7-3-4-8-17(16)23(21)28;/h3-13H,1-2H3;1H. The summed E-state index contributed by atoms with van der Waals surface area (Å²) in [6.07, 6.45) is 3.69. The van der Waals surface area contributed by atoms with Crippen molar-refractivity contribution in [1.29, 1.82) is 0 Å². The molecular formula is C23H18ClIN2O2. The van der Waals surface area contributed by atoms with E-state index in [-0.39, 0.29) is 46.9 Å². The molecule has 4 nitrogen and oxygen atoms in total. The Morgan fingerprint density at radius 3 is 2.00 bits per heavy atom. The molecule has 1 N–H and O–H groups in total. The first-order valence-electron chi connectivity index (χ1n) is 8.90. The van der Waals surface area contributed by atoms with E-state index in [2.05, 4.69) is 5.32 Å². The summed E-state index contributed by atoms with van der Waals surface area (Å²) in [7, 11) is 0. The van der Waals surface area contributed by atoms with Crippen LogP contribution in [0.1, 0.15) is 31.8 Å². The number of fused-ring (bicyclic) bond motifs is 1. The minimum atomic E-state index is -0.239. The molecule has 0 atom stereocenters. The van der Waals surface area contributed by atoms with Crippen molar-refractivity contribution in [2.24, 2.45) is 0 Å². The van der Waals surface area contributed by atoms with Crippen molar-refractivity contribution in [2.45, 2.75) is 13.8 Å². The van der Waals surface area contributed by atoms with Gasteiger partial charge in [-0.3, -0.25) is 9.59 Å². The summed E-state index contributed by atoms with van der Waals surface area (Å²) < 4.78 is 1.72. The van der Waals surface area contributed by atoms with Crippen LogP contribution in [0.25, 0.3) is 5.70 Å². The average molecular weight is 517 g/mol. The van der Waals surface area contributed by atoms with E-state index < -0.39 is 0 Å². The van der Waals surface area contributed by atoms with Gasteiger partial charge in [0.2, 0.25) is 5.78 Å². The van der Waals surface area contributed by atoms with E-state index >= 15 is 0 Å². The van der Waals surface area contributed by atoms with Crippen molar-refractivity contribution >= 4 is 34.6 Å². The Kier molecular flexibility index (Phi) is 6.19. The lowest BCUT2D eigenvalue weighted by Crippen LogP contribution is -3.00. The van der Waals surface area contributed by atoms with Gasteiger partial charge in [-0.25, -0.2) is 0 Å². The summed E-state index contributed by atoms with van der Waals surface area (Å²) in [5.74, 6) is -0.448. The van der Waals surface area contributed by atoms with E-state index in [4.69, 9.17) is 11.6 Å². The van der Waals surface area contributed by atoms with Crippen molar-refractivity contribution in [3.8, 4) is 0 Å². The van der Waals surface area contributed by atoms with Gasteiger partial charge in [0.1, 0.15) is 0 Å². The minimum absolute atomic E-state index is 0. The fraction of sp³-hybridized carbons (Fsp3) is 0.0870. The highest BCUT2D eigenvalue weighted by Gasteiger charge is 2.38. The number of benzene rings is 2. The van der Waals surface area contributed by atoms with Crippen LogP contribution < -0.4 is 33.9 Å². The lowest BCUT2D eigenvalue weighted by Gasteiger charge is -2.19. The van der Waals surface area contributed by atoms with Crippen LogP contribution in [0.4, 0.5) is 5.69 Å². The lowest BCUT2D eigenvalue weighted by molar-refractivity contribution is -0.578. The number of anilines is 1. The van der Waals surface area contributed by atoms with Crippen LogP contribution in [-0.4, -0.2) is 11.6 Å². The van der Waals surface area contributed by atoms with Gasteiger partial charge >= 0.3 is 0 Å². The first-order chi connectivity index (χ1) is 13.5. The van der Waals surface area contributed by atoms with Crippen LogP contribution in [0.2, 0.25) is 5.02 Å². The van der Waals surface area contributed by atoms with Crippen LogP contribution >= 0.6 is 11.6 Å². The summed E-state index contributed by atoms with van der Waals surface area (Å²) in [6.45, 7) is 3.91. The zero-order chi connectivity index (χ0) is 19.8. The highest BCUT2D eigenvalue weighted by molar-refractivity contribution is 6.37. The molecule has 29 heavy (non-hydrogen) atoms. The number of aromatic nitrogens is 1. The number of Topliss-reactive ketones (excluding diaryl/α,β-unsaturated/α-hetero) is 2. The van der Waals surface area contributed by atoms with Crippen LogP contribution in [0.15, 0.2) is 72.7 Å². The highest BCUT2D eigenvalue weighted by atomic mass is 127. The number of nitrogens with zero attached hydrogens (tertiary/aromatic N) is 1. The number of para-hydroxylation sites is 1. The lowest BCUT2D eigenvalue weighted by atomic mass is 9.90. The molecule has 1 aliphatic rings. The molecular weight excluding hydrogens is 499 g/mol. The molecule has 6 heteroatoms. The number of carbonyl (C=O) groups excluding carboxylic acids is 2. The number of hydrogen-bond acceptors (Lipinski definition) is 3. The number of ketones is 2. The van der Waals surface area contributed by atoms with Crippen molar-refractivity contribution in [1.82, 2.24) is 0 Å². The molecule has 0 unspecified atom stereocenters. The Bertz CT molecular complexity index is 1150. The molecule has 0 radical (unpaired) electrons. The Hall–Kier alpha value is -2.51. The molecule has 1 aliphatic carbocycles. The number of hydrogen-bond donors (Lipinski definition) is 1. The smallest absolute Gasteiger partial charge is 0.286 e. The third-order valence-corrected chi connectivity index (χ3v) is 4.96. The van der Waals surface area contributed by atoms with Gasteiger partial charge in [0, 0.05) is 22.3 Å². The Morgan fingerprint density at radius 2 is 1.38 bits per heavy atom. The quantitative estimate of drug-likeness (QED) is 0.425. The van der Waals surface area contributed by atoms with Crippen LogP contribution in [0.3, 0.4) is 0 Å². The Morgan fingerprint density at radius 1 is 0.828 bits per heavy atom. The molecule has 0 bridgehead atoms.